The zero-order valence-corrected chi connectivity index (χ0v) is 19.0. The van der Waals surface area contributed by atoms with Gasteiger partial charge in [0.15, 0.2) is 16.6 Å². The number of amides is 1. The van der Waals surface area contributed by atoms with Crippen LogP contribution < -0.4 is 10.6 Å². The van der Waals surface area contributed by atoms with E-state index >= 15 is 4.39 Å². The molecular formula is C23H20FN5O2S2. The number of carbonyl (C=O) groups excluding carboxylic acids is 1. The summed E-state index contributed by atoms with van der Waals surface area (Å²) >= 11 is 2.53. The molecule has 0 unspecified atom stereocenters. The summed E-state index contributed by atoms with van der Waals surface area (Å²) in [6, 6.07) is 14.5. The third-order valence-electron chi connectivity index (χ3n) is 4.63. The van der Waals surface area contributed by atoms with Gasteiger partial charge in [-0.05, 0) is 35.7 Å². The van der Waals surface area contributed by atoms with Crippen LogP contribution in [0.15, 0.2) is 76.2 Å². The van der Waals surface area contributed by atoms with E-state index in [9.17, 15) is 9.90 Å². The number of nitrogens with one attached hydrogen (secondary N) is 2. The fourth-order valence-electron chi connectivity index (χ4n) is 3.03. The first-order valence-corrected chi connectivity index (χ1v) is 11.7. The largest absolute Gasteiger partial charge is 0.392 e. The Morgan fingerprint density at radius 3 is 2.64 bits per heavy atom. The molecule has 10 heteroatoms. The third kappa shape index (κ3) is 5.92. The number of pyridine rings is 2. The monoisotopic (exact) mass is 481 g/mol. The summed E-state index contributed by atoms with van der Waals surface area (Å²) in [5, 5.41) is 15.8. The molecule has 0 fully saturated rings. The van der Waals surface area contributed by atoms with Gasteiger partial charge in [-0.15, -0.1) is 0 Å². The molecule has 0 aliphatic heterocycles. The molecule has 0 atom stereocenters. The first-order chi connectivity index (χ1) is 16.1. The zero-order valence-electron chi connectivity index (χ0n) is 17.4. The molecule has 7 nitrogen and oxygen atoms in total. The van der Waals surface area contributed by atoms with Crippen molar-refractivity contribution >= 4 is 40.0 Å². The van der Waals surface area contributed by atoms with E-state index in [4.69, 9.17) is 0 Å². The molecule has 3 N–H and O–H groups in total. The van der Waals surface area contributed by atoms with E-state index in [0.717, 1.165) is 15.3 Å². The molecule has 0 aliphatic rings. The first-order valence-electron chi connectivity index (χ1n) is 10.1. The minimum Gasteiger partial charge on any atom is -0.392 e. The second kappa shape index (κ2) is 11.0. The summed E-state index contributed by atoms with van der Waals surface area (Å²) in [5.74, 6) is -0.597. The zero-order chi connectivity index (χ0) is 23.0. The maximum atomic E-state index is 15.0. The van der Waals surface area contributed by atoms with E-state index in [1.54, 1.807) is 12.4 Å². The van der Waals surface area contributed by atoms with Crippen LogP contribution in [0.4, 0.5) is 15.3 Å². The van der Waals surface area contributed by atoms with Gasteiger partial charge in [0, 0.05) is 18.9 Å². The highest BCUT2D eigenvalue weighted by Gasteiger charge is 2.18. The lowest BCUT2D eigenvalue weighted by atomic mass is 10.1. The number of aliphatic hydroxyl groups is 1. The lowest BCUT2D eigenvalue weighted by molar-refractivity contribution is 0.0944. The molecule has 0 aliphatic carbocycles. The summed E-state index contributed by atoms with van der Waals surface area (Å²) in [5.41, 5.74) is 1.47. The molecule has 0 saturated heterocycles. The number of aromatic nitrogens is 3. The highest BCUT2D eigenvalue weighted by atomic mass is 32.2. The summed E-state index contributed by atoms with van der Waals surface area (Å²) in [7, 11) is 0. The average Bonchev–Trinajstić information content (AvgIpc) is 3.28. The van der Waals surface area contributed by atoms with Gasteiger partial charge in [-0.2, -0.15) is 0 Å². The number of hydrogen-bond acceptors (Lipinski definition) is 8. The molecule has 4 rings (SSSR count). The summed E-state index contributed by atoms with van der Waals surface area (Å²) in [4.78, 5) is 25.2. The average molecular weight is 482 g/mol. The van der Waals surface area contributed by atoms with E-state index in [-0.39, 0.29) is 17.2 Å². The van der Waals surface area contributed by atoms with Crippen LogP contribution in [0.3, 0.4) is 0 Å². The van der Waals surface area contributed by atoms with Crippen LogP contribution in [-0.4, -0.2) is 32.5 Å². The van der Waals surface area contributed by atoms with Crippen molar-refractivity contribution in [2.45, 2.75) is 22.1 Å². The van der Waals surface area contributed by atoms with Gasteiger partial charge in [0.1, 0.15) is 5.82 Å². The Bertz CT molecular complexity index is 1240. The summed E-state index contributed by atoms with van der Waals surface area (Å²) < 4.78 is 15.8. The number of carbonyl (C=O) groups is 1. The lowest BCUT2D eigenvalue weighted by Crippen LogP contribution is -2.27. The maximum Gasteiger partial charge on any atom is 0.272 e. The Morgan fingerprint density at radius 1 is 1.03 bits per heavy atom. The Balaban J connectivity index is 1.38. The molecule has 33 heavy (non-hydrogen) atoms. The second-order valence-electron chi connectivity index (χ2n) is 6.83. The molecule has 4 aromatic rings. The second-order valence-corrected chi connectivity index (χ2v) is 9.20. The fraction of sp³-hybridized carbons (Fsp3) is 0.130. The fourth-order valence-corrected chi connectivity index (χ4v) is 4.90. The summed E-state index contributed by atoms with van der Waals surface area (Å²) in [6.07, 6.45) is 5.25. The maximum absolute atomic E-state index is 15.0. The van der Waals surface area contributed by atoms with Crippen LogP contribution in [0.1, 0.15) is 21.6 Å². The van der Waals surface area contributed by atoms with E-state index in [1.165, 1.54) is 35.4 Å². The van der Waals surface area contributed by atoms with E-state index in [1.807, 2.05) is 42.5 Å². The van der Waals surface area contributed by atoms with Crippen LogP contribution in [-0.2, 0) is 13.0 Å². The van der Waals surface area contributed by atoms with Crippen molar-refractivity contribution in [2.75, 3.05) is 11.9 Å². The predicted octanol–water partition coefficient (Wildman–Crippen LogP) is 4.43. The number of aliphatic hydroxyl groups excluding tert-OH is 1. The molecule has 0 spiro atoms. The number of rotatable bonds is 9. The molecule has 0 bridgehead atoms. The van der Waals surface area contributed by atoms with Crippen molar-refractivity contribution in [2.24, 2.45) is 0 Å². The van der Waals surface area contributed by atoms with Gasteiger partial charge >= 0.3 is 0 Å². The number of halogens is 1. The third-order valence-corrected chi connectivity index (χ3v) is 6.68. The van der Waals surface area contributed by atoms with Gasteiger partial charge in [-0.3, -0.25) is 4.79 Å². The van der Waals surface area contributed by atoms with Gasteiger partial charge < -0.3 is 15.7 Å². The van der Waals surface area contributed by atoms with Crippen molar-refractivity contribution < 1.29 is 14.3 Å². The van der Waals surface area contributed by atoms with Gasteiger partial charge in [0.05, 0.1) is 21.9 Å². The first kappa shape index (κ1) is 22.8. The molecule has 1 amide bonds. The van der Waals surface area contributed by atoms with Gasteiger partial charge in [-0.1, -0.05) is 53.4 Å². The molecular weight excluding hydrogens is 461 g/mol. The Kier molecular flexibility index (Phi) is 7.61. The smallest absolute Gasteiger partial charge is 0.272 e. The summed E-state index contributed by atoms with van der Waals surface area (Å²) in [6.45, 7) is 0.224. The van der Waals surface area contributed by atoms with Gasteiger partial charge in [0.2, 0.25) is 0 Å². The molecule has 0 saturated carbocycles. The Hall–Kier alpha value is -3.34. The quantitative estimate of drug-likeness (QED) is 0.325. The standard InChI is InChI=1S/C23H20FN5O2S2/c24-20-17(32-19-13-28-23(33-19)29-18-7-3-4-10-25-18)9-12-26-21(20)22(31)27-11-8-15-5-1-2-6-16(15)14-30/h1-7,9-10,12-13,30H,8,11,14H2,(H,27,31)(H,25,28,29). The topological polar surface area (TPSA) is 100 Å². The van der Waals surface area contributed by atoms with Crippen molar-refractivity contribution in [1.29, 1.82) is 0 Å². The van der Waals surface area contributed by atoms with E-state index < -0.39 is 11.7 Å². The van der Waals surface area contributed by atoms with E-state index in [0.29, 0.717) is 23.9 Å². The van der Waals surface area contributed by atoms with Crippen molar-refractivity contribution in [3.8, 4) is 0 Å². The number of thiazole rings is 1. The predicted molar refractivity (Wildman–Crippen MR) is 126 cm³/mol. The van der Waals surface area contributed by atoms with Crippen molar-refractivity contribution in [3.63, 3.8) is 0 Å². The number of benzene rings is 1. The minimum absolute atomic E-state index is 0.0732. The normalized spacial score (nSPS) is 10.7. The number of anilines is 2. The SMILES string of the molecule is O=C(NCCc1ccccc1CO)c1nccc(Sc2cnc(Nc3ccccn3)s2)c1F. The molecule has 168 valence electrons. The molecule has 1 aromatic carbocycles. The van der Waals surface area contributed by atoms with Gasteiger partial charge in [0.25, 0.3) is 5.91 Å². The molecule has 3 heterocycles. The lowest BCUT2D eigenvalue weighted by Gasteiger charge is -2.09. The van der Waals surface area contributed by atoms with Crippen LogP contribution in [0, 0.1) is 5.82 Å². The number of hydrogen-bond donors (Lipinski definition) is 3. The van der Waals surface area contributed by atoms with Gasteiger partial charge in [-0.25, -0.2) is 19.3 Å². The minimum atomic E-state index is -0.677. The van der Waals surface area contributed by atoms with Crippen molar-refractivity contribution in [3.05, 3.63) is 89.8 Å². The van der Waals surface area contributed by atoms with Crippen molar-refractivity contribution in [1.82, 2.24) is 20.3 Å². The highest BCUT2D eigenvalue weighted by molar-refractivity contribution is 8.01. The van der Waals surface area contributed by atoms with Crippen LogP contribution >= 0.6 is 23.1 Å². The Labute approximate surface area is 198 Å². The Morgan fingerprint density at radius 2 is 1.85 bits per heavy atom. The van der Waals surface area contributed by atoms with Crippen LogP contribution in [0.2, 0.25) is 0 Å². The molecule has 3 aromatic heterocycles. The van der Waals surface area contributed by atoms with E-state index in [2.05, 4.69) is 25.6 Å². The molecule has 0 radical (unpaired) electrons. The number of nitrogens with zero attached hydrogens (tertiary/aromatic N) is 3. The van der Waals surface area contributed by atoms with Crippen LogP contribution in [0.5, 0.6) is 0 Å². The van der Waals surface area contributed by atoms with Crippen LogP contribution in [0.25, 0.3) is 0 Å². The highest BCUT2D eigenvalue weighted by Crippen LogP contribution is 2.36.